The summed E-state index contributed by atoms with van der Waals surface area (Å²) >= 11 is 5.83. The quantitative estimate of drug-likeness (QED) is 0.754. The van der Waals surface area contributed by atoms with Crippen LogP contribution in [0.25, 0.3) is 11.1 Å². The Morgan fingerprint density at radius 1 is 1.12 bits per heavy atom. The number of aromatic amines is 1. The van der Waals surface area contributed by atoms with Crippen molar-refractivity contribution in [3.05, 3.63) is 57.0 Å². The fourth-order valence-corrected chi connectivity index (χ4v) is 2.01. The van der Waals surface area contributed by atoms with E-state index in [0.717, 1.165) is 16.7 Å². The van der Waals surface area contributed by atoms with Gasteiger partial charge < -0.3 is 4.98 Å². The molecule has 0 bridgehead atoms. The Morgan fingerprint density at radius 3 is 2.50 bits per heavy atom. The van der Waals surface area contributed by atoms with Crippen molar-refractivity contribution < 1.29 is 0 Å². The van der Waals surface area contributed by atoms with Crippen LogP contribution in [0.2, 0.25) is 5.15 Å². The third-order valence-electron chi connectivity index (χ3n) is 2.50. The highest BCUT2D eigenvalue weighted by molar-refractivity contribution is 6.29. The summed E-state index contributed by atoms with van der Waals surface area (Å²) in [4.78, 5) is 13.8. The Kier molecular flexibility index (Phi) is 2.84. The molecule has 1 aromatic carbocycles. The highest BCUT2D eigenvalue weighted by Crippen LogP contribution is 2.24. The smallest absolute Gasteiger partial charge is 0.249 e. The standard InChI is InChI=1S/C13H12ClNO/c1-8-3-4-11(9(2)5-8)10-6-12(14)15-13(16)7-10/h3-7H,1-2H3,(H,15,16). The minimum atomic E-state index is -0.178. The van der Waals surface area contributed by atoms with Crippen LogP contribution in [0, 0.1) is 13.8 Å². The number of aromatic nitrogens is 1. The van der Waals surface area contributed by atoms with Crippen LogP contribution in [-0.4, -0.2) is 4.98 Å². The highest BCUT2D eigenvalue weighted by atomic mass is 35.5. The zero-order valence-corrected chi connectivity index (χ0v) is 9.93. The lowest BCUT2D eigenvalue weighted by Gasteiger charge is -2.06. The van der Waals surface area contributed by atoms with Crippen molar-refractivity contribution in [2.45, 2.75) is 13.8 Å². The molecule has 1 heterocycles. The van der Waals surface area contributed by atoms with Crippen LogP contribution < -0.4 is 5.56 Å². The van der Waals surface area contributed by atoms with Gasteiger partial charge in [0.05, 0.1) is 0 Å². The molecule has 2 aromatic rings. The van der Waals surface area contributed by atoms with E-state index in [9.17, 15) is 4.79 Å². The normalized spacial score (nSPS) is 10.4. The van der Waals surface area contributed by atoms with Crippen molar-refractivity contribution in [1.82, 2.24) is 4.98 Å². The Hall–Kier alpha value is -1.54. The number of nitrogens with one attached hydrogen (secondary N) is 1. The van der Waals surface area contributed by atoms with Crippen molar-refractivity contribution in [3.8, 4) is 11.1 Å². The van der Waals surface area contributed by atoms with Gasteiger partial charge in [-0.05, 0) is 36.6 Å². The van der Waals surface area contributed by atoms with Crippen LogP contribution >= 0.6 is 11.6 Å². The predicted octanol–water partition coefficient (Wildman–Crippen LogP) is 3.31. The number of H-pyrrole nitrogens is 1. The zero-order valence-electron chi connectivity index (χ0n) is 9.17. The van der Waals surface area contributed by atoms with Crippen LogP contribution in [0.4, 0.5) is 0 Å². The van der Waals surface area contributed by atoms with E-state index in [1.54, 1.807) is 12.1 Å². The number of hydrogen-bond donors (Lipinski definition) is 1. The monoisotopic (exact) mass is 233 g/mol. The maximum atomic E-state index is 11.3. The fourth-order valence-electron chi connectivity index (χ4n) is 1.80. The van der Waals surface area contributed by atoms with E-state index in [1.165, 1.54) is 5.56 Å². The molecule has 1 aromatic heterocycles. The summed E-state index contributed by atoms with van der Waals surface area (Å²) in [6.45, 7) is 4.07. The lowest BCUT2D eigenvalue weighted by molar-refractivity contribution is 1.24. The van der Waals surface area contributed by atoms with Gasteiger partial charge in [0.15, 0.2) is 0 Å². The average molecular weight is 234 g/mol. The molecule has 16 heavy (non-hydrogen) atoms. The molecule has 0 spiro atoms. The van der Waals surface area contributed by atoms with E-state index in [4.69, 9.17) is 11.6 Å². The Balaban J connectivity index is 2.63. The van der Waals surface area contributed by atoms with Crippen molar-refractivity contribution in [1.29, 1.82) is 0 Å². The van der Waals surface area contributed by atoms with Crippen LogP contribution in [0.15, 0.2) is 35.1 Å². The van der Waals surface area contributed by atoms with Crippen molar-refractivity contribution in [3.63, 3.8) is 0 Å². The van der Waals surface area contributed by atoms with Gasteiger partial charge in [-0.2, -0.15) is 0 Å². The minimum absolute atomic E-state index is 0.178. The highest BCUT2D eigenvalue weighted by Gasteiger charge is 2.04. The first-order valence-corrected chi connectivity index (χ1v) is 5.41. The molecule has 0 aliphatic carbocycles. The van der Waals surface area contributed by atoms with Gasteiger partial charge in [0.25, 0.3) is 0 Å². The van der Waals surface area contributed by atoms with Gasteiger partial charge in [-0.3, -0.25) is 4.79 Å². The number of pyridine rings is 1. The van der Waals surface area contributed by atoms with Crippen LogP contribution in [0.5, 0.6) is 0 Å². The molecule has 2 rings (SSSR count). The van der Waals surface area contributed by atoms with Crippen LogP contribution in [0.3, 0.4) is 0 Å². The van der Waals surface area contributed by atoms with Gasteiger partial charge in [-0.15, -0.1) is 0 Å². The molecule has 82 valence electrons. The zero-order chi connectivity index (χ0) is 11.7. The lowest BCUT2D eigenvalue weighted by atomic mass is 10.00. The first kappa shape index (κ1) is 11.0. The number of hydrogen-bond acceptors (Lipinski definition) is 1. The van der Waals surface area contributed by atoms with Crippen LogP contribution in [0.1, 0.15) is 11.1 Å². The Labute approximate surface area is 98.9 Å². The van der Waals surface area contributed by atoms with Gasteiger partial charge in [0.1, 0.15) is 5.15 Å². The maximum absolute atomic E-state index is 11.3. The summed E-state index contributed by atoms with van der Waals surface area (Å²) < 4.78 is 0. The topological polar surface area (TPSA) is 32.9 Å². The first-order chi connectivity index (χ1) is 7.56. The molecule has 0 amide bonds. The predicted molar refractivity (Wildman–Crippen MR) is 67.0 cm³/mol. The summed E-state index contributed by atoms with van der Waals surface area (Å²) in [6, 6.07) is 9.45. The van der Waals surface area contributed by atoms with Gasteiger partial charge >= 0.3 is 0 Å². The fraction of sp³-hybridized carbons (Fsp3) is 0.154. The summed E-state index contributed by atoms with van der Waals surface area (Å²) in [6.07, 6.45) is 0. The molecule has 0 saturated carbocycles. The van der Waals surface area contributed by atoms with E-state index < -0.39 is 0 Å². The van der Waals surface area contributed by atoms with Crippen molar-refractivity contribution in [2.75, 3.05) is 0 Å². The third kappa shape index (κ3) is 2.17. The van der Waals surface area contributed by atoms with E-state index >= 15 is 0 Å². The molecular formula is C13H12ClNO. The summed E-state index contributed by atoms with van der Waals surface area (Å²) in [5.41, 5.74) is 4.06. The molecule has 0 atom stereocenters. The van der Waals surface area contributed by atoms with Gasteiger partial charge in [0, 0.05) is 6.07 Å². The second-order valence-corrected chi connectivity index (χ2v) is 4.31. The van der Waals surface area contributed by atoms with Gasteiger partial charge in [-0.1, -0.05) is 35.4 Å². The number of benzene rings is 1. The van der Waals surface area contributed by atoms with E-state index in [1.807, 2.05) is 26.0 Å². The van der Waals surface area contributed by atoms with Gasteiger partial charge in [0.2, 0.25) is 5.56 Å². The SMILES string of the molecule is Cc1ccc(-c2cc(Cl)[nH]c(=O)c2)c(C)c1. The average Bonchev–Trinajstić information content (AvgIpc) is 2.15. The summed E-state index contributed by atoms with van der Waals surface area (Å²) in [7, 11) is 0. The third-order valence-corrected chi connectivity index (χ3v) is 2.71. The molecule has 0 radical (unpaired) electrons. The Morgan fingerprint density at radius 2 is 1.88 bits per heavy atom. The summed E-state index contributed by atoms with van der Waals surface area (Å²) in [5, 5.41) is 0.363. The molecule has 0 aliphatic rings. The number of rotatable bonds is 1. The molecule has 2 nitrogen and oxygen atoms in total. The molecule has 0 fully saturated rings. The molecule has 3 heteroatoms. The van der Waals surface area contributed by atoms with Gasteiger partial charge in [-0.25, -0.2) is 0 Å². The lowest BCUT2D eigenvalue weighted by Crippen LogP contribution is -2.04. The largest absolute Gasteiger partial charge is 0.313 e. The van der Waals surface area contributed by atoms with Crippen molar-refractivity contribution >= 4 is 11.6 Å². The van der Waals surface area contributed by atoms with Crippen LogP contribution in [-0.2, 0) is 0 Å². The van der Waals surface area contributed by atoms with E-state index in [-0.39, 0.29) is 5.56 Å². The number of halogens is 1. The molecule has 0 aliphatic heterocycles. The summed E-state index contributed by atoms with van der Waals surface area (Å²) in [5.74, 6) is 0. The molecular weight excluding hydrogens is 222 g/mol. The Bertz CT molecular complexity index is 587. The minimum Gasteiger partial charge on any atom is -0.313 e. The second-order valence-electron chi connectivity index (χ2n) is 3.90. The van der Waals surface area contributed by atoms with Crippen molar-refractivity contribution in [2.24, 2.45) is 0 Å². The number of aryl methyl sites for hydroxylation is 2. The first-order valence-electron chi connectivity index (χ1n) is 5.04. The van der Waals surface area contributed by atoms with E-state index in [0.29, 0.717) is 5.15 Å². The maximum Gasteiger partial charge on any atom is 0.249 e. The van der Waals surface area contributed by atoms with E-state index in [2.05, 4.69) is 11.1 Å². The molecule has 0 saturated heterocycles. The molecule has 0 unspecified atom stereocenters. The second kappa shape index (κ2) is 4.14. The molecule has 1 N–H and O–H groups in total.